The largest absolute Gasteiger partial charge is 0.321 e. The summed E-state index contributed by atoms with van der Waals surface area (Å²) < 4.78 is 28.6. The molecule has 1 aliphatic rings. The Morgan fingerprint density at radius 3 is 2.68 bits per heavy atom. The fourth-order valence-corrected chi connectivity index (χ4v) is 3.46. The van der Waals surface area contributed by atoms with E-state index >= 15 is 0 Å². The Morgan fingerprint density at radius 2 is 2.05 bits per heavy atom. The molecule has 0 bridgehead atoms. The zero-order chi connectivity index (χ0) is 14.2. The quantitative estimate of drug-likeness (QED) is 0.779. The molecule has 0 amide bonds. The van der Waals surface area contributed by atoms with Crippen LogP contribution in [-0.2, 0) is 5.54 Å². The molecule has 19 heavy (non-hydrogen) atoms. The minimum atomic E-state index is -0.884. The number of benzene rings is 1. The Kier molecular flexibility index (Phi) is 4.31. The summed E-state index contributed by atoms with van der Waals surface area (Å²) in [6, 6.07) is 2.68. The fourth-order valence-electron chi connectivity index (χ4n) is 3.13. The zero-order valence-corrected chi connectivity index (χ0v) is 12.9. The maximum Gasteiger partial charge on any atom is 0.145 e. The van der Waals surface area contributed by atoms with Gasteiger partial charge >= 0.3 is 0 Å². The molecule has 1 aliphatic carbocycles. The first-order valence-corrected chi connectivity index (χ1v) is 7.57. The van der Waals surface area contributed by atoms with Gasteiger partial charge in [-0.05, 0) is 52.7 Å². The first-order chi connectivity index (χ1) is 8.85. The number of halogens is 3. The van der Waals surface area contributed by atoms with E-state index in [1.165, 1.54) is 12.1 Å². The molecular weight excluding hydrogens is 312 g/mol. The van der Waals surface area contributed by atoms with Crippen LogP contribution in [0.1, 0.15) is 45.1 Å². The van der Waals surface area contributed by atoms with Crippen LogP contribution in [0.4, 0.5) is 8.78 Å². The molecule has 0 aliphatic heterocycles. The molecule has 1 saturated carbocycles. The maximum absolute atomic E-state index is 14.3. The van der Waals surface area contributed by atoms with Crippen molar-refractivity contribution in [1.29, 1.82) is 0 Å². The Balaban J connectivity index is 2.42. The summed E-state index contributed by atoms with van der Waals surface area (Å²) in [7, 11) is 0. The van der Waals surface area contributed by atoms with Crippen molar-refractivity contribution < 1.29 is 8.78 Å². The van der Waals surface area contributed by atoms with Gasteiger partial charge in [0.05, 0.1) is 4.47 Å². The van der Waals surface area contributed by atoms with Crippen molar-refractivity contribution >= 4 is 15.9 Å². The van der Waals surface area contributed by atoms with Crippen LogP contribution in [-0.4, -0.2) is 0 Å². The first-order valence-electron chi connectivity index (χ1n) is 6.78. The molecule has 1 aromatic rings. The molecule has 1 nitrogen and oxygen atoms in total. The molecule has 1 fully saturated rings. The van der Waals surface area contributed by atoms with Gasteiger partial charge in [-0.15, -0.1) is 0 Å². The molecule has 0 saturated heterocycles. The topological polar surface area (TPSA) is 26.0 Å². The molecule has 2 rings (SSSR count). The second kappa shape index (κ2) is 5.49. The molecular formula is C15H20BrF2N. The molecule has 0 radical (unpaired) electrons. The van der Waals surface area contributed by atoms with Crippen LogP contribution in [0.25, 0.3) is 0 Å². The Hall–Kier alpha value is -0.480. The van der Waals surface area contributed by atoms with Crippen LogP contribution in [0.3, 0.4) is 0 Å². The summed E-state index contributed by atoms with van der Waals surface area (Å²) in [4.78, 5) is 0. The monoisotopic (exact) mass is 331 g/mol. The van der Waals surface area contributed by atoms with Crippen LogP contribution < -0.4 is 5.73 Å². The van der Waals surface area contributed by atoms with Gasteiger partial charge in [0.15, 0.2) is 0 Å². The van der Waals surface area contributed by atoms with E-state index in [1.807, 2.05) is 0 Å². The van der Waals surface area contributed by atoms with Crippen molar-refractivity contribution in [1.82, 2.24) is 0 Å². The van der Waals surface area contributed by atoms with Gasteiger partial charge < -0.3 is 5.73 Å². The maximum atomic E-state index is 14.3. The number of rotatable bonds is 2. The lowest BCUT2D eigenvalue weighted by atomic mass is 9.69. The van der Waals surface area contributed by atoms with Gasteiger partial charge in [0, 0.05) is 11.1 Å². The Morgan fingerprint density at radius 1 is 1.37 bits per heavy atom. The standard InChI is InChI=1S/C15H20BrF2N/c1-9(2)10-4-3-7-15(19,8-10)13-12(17)6-5-11(16)14(13)18/h5-6,9-10H,3-4,7-8,19H2,1-2H3. The summed E-state index contributed by atoms with van der Waals surface area (Å²) in [5.74, 6) is -0.169. The third-order valence-electron chi connectivity index (χ3n) is 4.31. The van der Waals surface area contributed by atoms with Gasteiger partial charge in [-0.2, -0.15) is 0 Å². The third kappa shape index (κ3) is 2.84. The minimum Gasteiger partial charge on any atom is -0.321 e. The minimum absolute atomic E-state index is 0.0484. The SMILES string of the molecule is CC(C)C1CCCC(N)(c2c(F)ccc(Br)c2F)C1. The Labute approximate surface area is 121 Å². The highest BCUT2D eigenvalue weighted by molar-refractivity contribution is 9.10. The molecule has 1 aromatic carbocycles. The summed E-state index contributed by atoms with van der Waals surface area (Å²) in [6.07, 6.45) is 3.30. The van der Waals surface area contributed by atoms with Crippen molar-refractivity contribution in [2.24, 2.45) is 17.6 Å². The van der Waals surface area contributed by atoms with E-state index in [2.05, 4.69) is 29.8 Å². The highest BCUT2D eigenvalue weighted by Crippen LogP contribution is 2.43. The molecule has 2 unspecified atom stereocenters. The number of hydrogen-bond donors (Lipinski definition) is 1. The average molecular weight is 332 g/mol. The van der Waals surface area contributed by atoms with Gasteiger partial charge in [0.2, 0.25) is 0 Å². The smallest absolute Gasteiger partial charge is 0.145 e. The first kappa shape index (κ1) is 14.9. The normalized spacial score (nSPS) is 27.8. The fraction of sp³-hybridized carbons (Fsp3) is 0.600. The lowest BCUT2D eigenvalue weighted by Crippen LogP contribution is -2.44. The van der Waals surface area contributed by atoms with Crippen LogP contribution in [0, 0.1) is 23.5 Å². The molecule has 0 aromatic heterocycles. The second-order valence-corrected chi connectivity index (χ2v) is 6.83. The highest BCUT2D eigenvalue weighted by atomic mass is 79.9. The number of hydrogen-bond acceptors (Lipinski definition) is 1. The van der Waals surface area contributed by atoms with Gasteiger partial charge in [-0.1, -0.05) is 26.7 Å². The second-order valence-electron chi connectivity index (χ2n) is 5.97. The van der Waals surface area contributed by atoms with E-state index < -0.39 is 17.2 Å². The third-order valence-corrected chi connectivity index (χ3v) is 4.92. The van der Waals surface area contributed by atoms with Gasteiger partial charge in [0.25, 0.3) is 0 Å². The van der Waals surface area contributed by atoms with Gasteiger partial charge in [-0.3, -0.25) is 0 Å². The summed E-state index contributed by atoms with van der Waals surface area (Å²) >= 11 is 3.12. The van der Waals surface area contributed by atoms with E-state index in [0.717, 1.165) is 12.8 Å². The van der Waals surface area contributed by atoms with Gasteiger partial charge in [-0.25, -0.2) is 8.78 Å². The molecule has 2 N–H and O–H groups in total. The summed E-state index contributed by atoms with van der Waals surface area (Å²) in [5.41, 5.74) is 5.54. The predicted octanol–water partition coefficient (Wildman–Crippen LogP) is 4.73. The molecule has 2 atom stereocenters. The van der Waals surface area contributed by atoms with Crippen LogP contribution in [0.2, 0.25) is 0 Å². The van der Waals surface area contributed by atoms with Crippen molar-refractivity contribution in [3.63, 3.8) is 0 Å². The van der Waals surface area contributed by atoms with Crippen molar-refractivity contribution in [3.05, 3.63) is 33.8 Å². The van der Waals surface area contributed by atoms with Crippen molar-refractivity contribution in [3.8, 4) is 0 Å². The molecule has 4 heteroatoms. The van der Waals surface area contributed by atoms with Crippen LogP contribution in [0.5, 0.6) is 0 Å². The Bertz CT molecular complexity index is 475. The van der Waals surface area contributed by atoms with Crippen LogP contribution in [0.15, 0.2) is 16.6 Å². The number of nitrogens with two attached hydrogens (primary N) is 1. The van der Waals surface area contributed by atoms with Gasteiger partial charge in [0.1, 0.15) is 11.6 Å². The average Bonchev–Trinajstić information content (AvgIpc) is 2.34. The van der Waals surface area contributed by atoms with Crippen molar-refractivity contribution in [2.45, 2.75) is 45.1 Å². The van der Waals surface area contributed by atoms with Crippen molar-refractivity contribution in [2.75, 3.05) is 0 Å². The molecule has 0 spiro atoms. The van der Waals surface area contributed by atoms with E-state index in [0.29, 0.717) is 24.7 Å². The van der Waals surface area contributed by atoms with E-state index in [-0.39, 0.29) is 10.0 Å². The van der Waals surface area contributed by atoms with Crippen LogP contribution >= 0.6 is 15.9 Å². The zero-order valence-electron chi connectivity index (χ0n) is 11.3. The molecule has 106 valence electrons. The van der Waals surface area contributed by atoms with E-state index in [4.69, 9.17) is 5.73 Å². The summed E-state index contributed by atoms with van der Waals surface area (Å²) in [6.45, 7) is 4.29. The van der Waals surface area contributed by atoms with E-state index in [1.54, 1.807) is 0 Å². The molecule has 0 heterocycles. The predicted molar refractivity (Wildman–Crippen MR) is 76.7 cm³/mol. The highest BCUT2D eigenvalue weighted by Gasteiger charge is 2.39. The van der Waals surface area contributed by atoms with E-state index in [9.17, 15) is 8.78 Å². The lowest BCUT2D eigenvalue weighted by Gasteiger charge is -2.40. The summed E-state index contributed by atoms with van der Waals surface area (Å²) in [5, 5.41) is 0. The lowest BCUT2D eigenvalue weighted by molar-refractivity contribution is 0.176.